The van der Waals surface area contributed by atoms with Gasteiger partial charge in [0.25, 0.3) is 5.91 Å². The second-order valence-corrected chi connectivity index (χ2v) is 8.81. The lowest BCUT2D eigenvalue weighted by Crippen LogP contribution is -2.43. The number of rotatable bonds is 7. The summed E-state index contributed by atoms with van der Waals surface area (Å²) in [5.74, 6) is -0.854. The number of hydrogen-bond donors (Lipinski definition) is 2. The quantitative estimate of drug-likeness (QED) is 0.408. The number of imide groups is 1. The van der Waals surface area contributed by atoms with Crippen LogP contribution in [0.4, 0.5) is 4.79 Å². The lowest BCUT2D eigenvalue weighted by atomic mass is 9.90. The number of urea groups is 1. The van der Waals surface area contributed by atoms with Gasteiger partial charge in [-0.3, -0.25) is 19.2 Å². The first-order valence-corrected chi connectivity index (χ1v) is 11.4. The van der Waals surface area contributed by atoms with Crippen molar-refractivity contribution in [1.82, 2.24) is 25.3 Å². The van der Waals surface area contributed by atoms with E-state index in [9.17, 15) is 14.4 Å². The average molecular weight is 468 g/mol. The Kier molecular flexibility index (Phi) is 5.78. The van der Waals surface area contributed by atoms with E-state index < -0.39 is 23.4 Å². The summed E-state index contributed by atoms with van der Waals surface area (Å²) >= 11 is 0. The molecular formula is C27H25N5O3. The summed E-state index contributed by atoms with van der Waals surface area (Å²) in [5, 5.41) is 11.8. The first kappa shape index (κ1) is 22.3. The van der Waals surface area contributed by atoms with Crippen LogP contribution in [-0.2, 0) is 28.2 Å². The van der Waals surface area contributed by atoms with Crippen LogP contribution in [0.2, 0.25) is 0 Å². The van der Waals surface area contributed by atoms with Gasteiger partial charge in [-0.15, -0.1) is 0 Å². The van der Waals surface area contributed by atoms with Crippen LogP contribution in [0, 0.1) is 0 Å². The van der Waals surface area contributed by atoms with Crippen LogP contribution in [0.25, 0.3) is 10.8 Å². The molecule has 2 heterocycles. The molecule has 8 heteroatoms. The smallest absolute Gasteiger partial charge is 0.325 e. The van der Waals surface area contributed by atoms with Gasteiger partial charge in [-0.05, 0) is 46.5 Å². The van der Waals surface area contributed by atoms with Gasteiger partial charge in [0.15, 0.2) is 0 Å². The topological polar surface area (TPSA) is 96.3 Å². The number of nitrogens with one attached hydrogen (secondary N) is 2. The van der Waals surface area contributed by atoms with Gasteiger partial charge in [0, 0.05) is 18.9 Å². The molecule has 1 aromatic heterocycles. The molecule has 0 saturated carbocycles. The molecule has 1 atom stereocenters. The number of hydrogen-bond acceptors (Lipinski definition) is 4. The highest BCUT2D eigenvalue weighted by Crippen LogP contribution is 2.30. The van der Waals surface area contributed by atoms with E-state index in [2.05, 4.69) is 15.7 Å². The molecule has 1 fully saturated rings. The summed E-state index contributed by atoms with van der Waals surface area (Å²) in [6.07, 6.45) is 3.63. The standard InChI is InChI=1S/C27H25N5O3/c1-27(23-12-11-21-5-2-3-6-22(21)15-23)25(34)32(26(35)30-27)18-24(33)28-16-19-7-9-20(10-8-19)17-31-14-4-13-29-31/h2-15H,16-18H2,1H3,(H,28,33)(H,30,35). The van der Waals surface area contributed by atoms with E-state index in [-0.39, 0.29) is 6.54 Å². The Morgan fingerprint density at radius 3 is 2.46 bits per heavy atom. The second-order valence-electron chi connectivity index (χ2n) is 8.81. The van der Waals surface area contributed by atoms with Gasteiger partial charge in [0.1, 0.15) is 12.1 Å². The Balaban J connectivity index is 1.20. The number of amides is 4. The molecule has 4 aromatic rings. The fraction of sp³-hybridized carbons (Fsp3) is 0.185. The van der Waals surface area contributed by atoms with Gasteiger partial charge in [-0.2, -0.15) is 5.10 Å². The third-order valence-corrected chi connectivity index (χ3v) is 6.32. The first-order chi connectivity index (χ1) is 16.9. The Hall–Kier alpha value is -4.46. The number of carbonyl (C=O) groups excluding carboxylic acids is 3. The van der Waals surface area contributed by atoms with E-state index in [0.29, 0.717) is 18.7 Å². The van der Waals surface area contributed by atoms with Crippen molar-refractivity contribution in [2.45, 2.75) is 25.6 Å². The summed E-state index contributed by atoms with van der Waals surface area (Å²) in [6.45, 7) is 2.29. The van der Waals surface area contributed by atoms with Crippen molar-refractivity contribution in [1.29, 1.82) is 0 Å². The Morgan fingerprint density at radius 1 is 0.971 bits per heavy atom. The van der Waals surface area contributed by atoms with Crippen LogP contribution >= 0.6 is 0 Å². The predicted molar refractivity (Wildman–Crippen MR) is 131 cm³/mol. The highest BCUT2D eigenvalue weighted by atomic mass is 16.2. The zero-order valence-electron chi connectivity index (χ0n) is 19.3. The molecule has 1 aliphatic rings. The molecule has 4 amide bonds. The molecule has 5 rings (SSSR count). The van der Waals surface area contributed by atoms with Crippen molar-refractivity contribution < 1.29 is 14.4 Å². The van der Waals surface area contributed by atoms with Crippen molar-refractivity contribution in [3.63, 3.8) is 0 Å². The minimum atomic E-state index is -1.23. The van der Waals surface area contributed by atoms with Crippen LogP contribution in [0.1, 0.15) is 23.6 Å². The molecular weight excluding hydrogens is 442 g/mol. The maximum absolute atomic E-state index is 13.2. The van der Waals surface area contributed by atoms with E-state index in [1.807, 2.05) is 83.7 Å². The SMILES string of the molecule is CC1(c2ccc3ccccc3c2)NC(=O)N(CC(=O)NCc2ccc(Cn3cccn3)cc2)C1=O. The number of fused-ring (bicyclic) bond motifs is 1. The van der Waals surface area contributed by atoms with Gasteiger partial charge >= 0.3 is 6.03 Å². The van der Waals surface area contributed by atoms with Crippen LogP contribution in [-0.4, -0.2) is 39.1 Å². The van der Waals surface area contributed by atoms with E-state index in [1.54, 1.807) is 13.1 Å². The normalized spacial score (nSPS) is 17.6. The van der Waals surface area contributed by atoms with Crippen LogP contribution in [0.5, 0.6) is 0 Å². The fourth-order valence-electron chi connectivity index (χ4n) is 4.28. The molecule has 1 unspecified atom stereocenters. The first-order valence-electron chi connectivity index (χ1n) is 11.4. The largest absolute Gasteiger partial charge is 0.350 e. The van der Waals surface area contributed by atoms with Gasteiger partial charge in [0.2, 0.25) is 5.91 Å². The van der Waals surface area contributed by atoms with Crippen molar-refractivity contribution in [2.75, 3.05) is 6.54 Å². The van der Waals surface area contributed by atoms with Gasteiger partial charge < -0.3 is 10.6 Å². The van der Waals surface area contributed by atoms with Crippen molar-refractivity contribution >= 4 is 28.6 Å². The van der Waals surface area contributed by atoms with Crippen molar-refractivity contribution in [3.05, 3.63) is 102 Å². The van der Waals surface area contributed by atoms with E-state index in [0.717, 1.165) is 26.8 Å². The molecule has 3 aromatic carbocycles. The van der Waals surface area contributed by atoms with Crippen molar-refractivity contribution in [3.8, 4) is 0 Å². The number of benzene rings is 3. The monoisotopic (exact) mass is 467 g/mol. The average Bonchev–Trinajstić information content (AvgIpc) is 3.46. The summed E-state index contributed by atoms with van der Waals surface area (Å²) in [6, 6.07) is 22.6. The molecule has 1 aliphatic heterocycles. The lowest BCUT2D eigenvalue weighted by Gasteiger charge is -2.22. The number of nitrogens with zero attached hydrogens (tertiary/aromatic N) is 3. The summed E-state index contributed by atoms with van der Waals surface area (Å²) < 4.78 is 1.83. The van der Waals surface area contributed by atoms with Gasteiger partial charge in [-0.1, -0.05) is 60.7 Å². The van der Waals surface area contributed by atoms with Crippen LogP contribution in [0.3, 0.4) is 0 Å². The Bertz CT molecular complexity index is 1400. The van der Waals surface area contributed by atoms with Gasteiger partial charge in [0.05, 0.1) is 6.54 Å². The third kappa shape index (κ3) is 4.50. The van der Waals surface area contributed by atoms with Crippen molar-refractivity contribution in [2.24, 2.45) is 0 Å². The van der Waals surface area contributed by atoms with Crippen LogP contribution < -0.4 is 10.6 Å². The van der Waals surface area contributed by atoms with Gasteiger partial charge in [-0.25, -0.2) is 4.79 Å². The molecule has 0 bridgehead atoms. The lowest BCUT2D eigenvalue weighted by molar-refractivity contribution is -0.134. The minimum absolute atomic E-state index is 0.298. The number of aromatic nitrogens is 2. The molecule has 0 spiro atoms. The summed E-state index contributed by atoms with van der Waals surface area (Å²) in [4.78, 5) is 39.4. The predicted octanol–water partition coefficient (Wildman–Crippen LogP) is 3.17. The molecule has 0 radical (unpaired) electrons. The Morgan fingerprint density at radius 2 is 1.71 bits per heavy atom. The molecule has 176 valence electrons. The maximum Gasteiger partial charge on any atom is 0.325 e. The van der Waals surface area contributed by atoms with Crippen LogP contribution in [0.15, 0.2) is 85.2 Å². The Labute approximate surface area is 202 Å². The second kappa shape index (κ2) is 9.06. The number of carbonyl (C=O) groups is 3. The highest BCUT2D eigenvalue weighted by molar-refractivity contribution is 6.09. The third-order valence-electron chi connectivity index (χ3n) is 6.32. The van der Waals surface area contributed by atoms with E-state index >= 15 is 0 Å². The molecule has 1 saturated heterocycles. The molecule has 35 heavy (non-hydrogen) atoms. The van der Waals surface area contributed by atoms with E-state index in [1.165, 1.54) is 0 Å². The molecule has 2 N–H and O–H groups in total. The zero-order valence-corrected chi connectivity index (χ0v) is 19.3. The molecule has 8 nitrogen and oxygen atoms in total. The highest BCUT2D eigenvalue weighted by Gasteiger charge is 2.49. The summed E-state index contributed by atoms with van der Waals surface area (Å²) in [5.41, 5.74) is 1.45. The minimum Gasteiger partial charge on any atom is -0.350 e. The summed E-state index contributed by atoms with van der Waals surface area (Å²) in [7, 11) is 0. The fourth-order valence-corrected chi connectivity index (χ4v) is 4.28. The zero-order chi connectivity index (χ0) is 24.4. The molecule has 0 aliphatic carbocycles. The van der Waals surface area contributed by atoms with E-state index in [4.69, 9.17) is 0 Å². The maximum atomic E-state index is 13.2.